The highest BCUT2D eigenvalue weighted by molar-refractivity contribution is 5.78. The van der Waals surface area contributed by atoms with Gasteiger partial charge in [0, 0.05) is 122 Å². The van der Waals surface area contributed by atoms with Gasteiger partial charge in [0.05, 0.1) is 114 Å². The molecule has 3 aliphatic rings. The third-order valence-corrected chi connectivity index (χ3v) is 14.4. The Morgan fingerprint density at radius 3 is 0.884 bits per heavy atom. The second kappa shape index (κ2) is 45.4. The molecule has 0 saturated carbocycles. The van der Waals surface area contributed by atoms with Crippen molar-refractivity contribution in [2.24, 2.45) is 22.6 Å². The van der Waals surface area contributed by atoms with Gasteiger partial charge in [0.1, 0.15) is 0 Å². The van der Waals surface area contributed by atoms with Crippen LogP contribution in [0.3, 0.4) is 0 Å². The fourth-order valence-electron chi connectivity index (χ4n) is 9.13. The topological polar surface area (TPSA) is 457 Å². The van der Waals surface area contributed by atoms with E-state index in [-0.39, 0.29) is 173 Å². The van der Waals surface area contributed by atoms with Crippen LogP contribution in [0.1, 0.15) is 122 Å². The lowest BCUT2D eigenvalue weighted by atomic mass is 9.94. The van der Waals surface area contributed by atoms with E-state index >= 15 is 0 Å². The average molecular weight is 1240 g/mol. The molecule has 86 heavy (non-hydrogen) atoms. The van der Waals surface area contributed by atoms with Crippen molar-refractivity contribution in [2.45, 2.75) is 196 Å². The quantitative estimate of drug-likeness (QED) is 0.0258. The number of aliphatic hydroxyl groups excluding tert-OH is 6. The lowest BCUT2D eigenvalue weighted by molar-refractivity contribution is -0.231. The Kier molecular flexibility index (Phi) is 40.3. The number of nitrogens with two attached hydrogens (primary N) is 3. The Hall–Kier alpha value is -3.90. The Labute approximate surface area is 505 Å². The molecule has 12 unspecified atom stereocenters. The van der Waals surface area contributed by atoms with Gasteiger partial charge in [0.25, 0.3) is 0 Å². The maximum absolute atomic E-state index is 12.6. The molecule has 0 spiro atoms. The molecule has 3 fully saturated rings. The van der Waals surface area contributed by atoms with Gasteiger partial charge in [0.2, 0.25) is 35.4 Å². The molecule has 3 saturated heterocycles. The molecule has 12 atom stereocenters. The molecule has 0 aromatic rings. The zero-order valence-corrected chi connectivity index (χ0v) is 50.4. The fraction of sp³-hybridized carbons (Fsp3) is 0.893. The third kappa shape index (κ3) is 33.6. The number of unbranched alkanes of at least 4 members (excludes halogenated alkanes) is 3. The fourth-order valence-corrected chi connectivity index (χ4v) is 9.13. The Morgan fingerprint density at radius 1 is 0.395 bits per heavy atom. The molecule has 500 valence electrons. The Bertz CT molecular complexity index is 1690. The van der Waals surface area contributed by atoms with Crippen LogP contribution in [0, 0.1) is 5.41 Å². The summed E-state index contributed by atoms with van der Waals surface area (Å²) in [6.45, 7) is 4.72. The van der Waals surface area contributed by atoms with Crippen LogP contribution < -0.4 is 49.1 Å². The van der Waals surface area contributed by atoms with Crippen molar-refractivity contribution in [2.75, 3.05) is 119 Å². The molecule has 30 heteroatoms. The summed E-state index contributed by atoms with van der Waals surface area (Å²) in [6.07, 6.45) is -0.0774. The van der Waals surface area contributed by atoms with Gasteiger partial charge in [0.15, 0.2) is 18.9 Å². The maximum atomic E-state index is 12.6. The largest absolute Gasteiger partial charge is 0.394 e. The van der Waals surface area contributed by atoms with E-state index in [1.54, 1.807) is 0 Å². The maximum Gasteiger partial charge on any atom is 0.222 e. The minimum atomic E-state index is -0.842. The van der Waals surface area contributed by atoms with Crippen molar-refractivity contribution in [3.05, 3.63) is 0 Å². The molecular weight excluding hydrogens is 1130 g/mol. The molecule has 0 aromatic heterocycles. The van der Waals surface area contributed by atoms with E-state index in [1.807, 2.05) is 6.92 Å². The Balaban J connectivity index is 1.28. The molecule has 0 aromatic carbocycles. The molecule has 18 N–H and O–H groups in total. The van der Waals surface area contributed by atoms with E-state index < -0.39 is 79.0 Å². The standard InChI is InChI=1S/C56H105N9O21/c1-56(35-78-26-14-47(75)63-20-8-17-60-44(72)11-2-5-23-81-53-50(57)41(69)29-38(32-66)84-53,36-79-27-15-48(76)64-21-9-18-61-45(73)12-3-6-24-82-54-51(58)42(70)30-39(33-67)85-54)37-80-28-16-49(77)65-22-10-19-62-46(74)13-4-7-25-83-55-52(59)43(71)31-40(34-68)86-55/h38-43,50-55,66-71H,2-37,57-59H2,1H3,(H,60,72)(H,61,73)(H,62,74)(H,63,75)(H,64,76)(H,65,77). The molecule has 3 aliphatic heterocycles. The summed E-state index contributed by atoms with van der Waals surface area (Å²) in [5.74, 6) is -1.13. The van der Waals surface area contributed by atoms with E-state index in [0.29, 0.717) is 97.1 Å². The van der Waals surface area contributed by atoms with Crippen LogP contribution in [0.2, 0.25) is 0 Å². The number of hydrogen-bond donors (Lipinski definition) is 15. The van der Waals surface area contributed by atoms with E-state index in [1.165, 1.54) is 0 Å². The first-order chi connectivity index (χ1) is 41.4. The highest BCUT2D eigenvalue weighted by atomic mass is 16.7. The van der Waals surface area contributed by atoms with E-state index in [9.17, 15) is 59.4 Å². The number of hydrogen-bond acceptors (Lipinski definition) is 24. The van der Waals surface area contributed by atoms with Crippen molar-refractivity contribution in [3.8, 4) is 0 Å². The minimum absolute atomic E-state index is 0.0708. The highest BCUT2D eigenvalue weighted by Gasteiger charge is 2.38. The first-order valence-electron chi connectivity index (χ1n) is 30.6. The second-order valence-corrected chi connectivity index (χ2v) is 22.4. The van der Waals surface area contributed by atoms with Crippen LogP contribution >= 0.6 is 0 Å². The van der Waals surface area contributed by atoms with Gasteiger partial charge >= 0.3 is 0 Å². The summed E-state index contributed by atoms with van der Waals surface area (Å²) >= 11 is 0. The molecule has 6 amide bonds. The van der Waals surface area contributed by atoms with Crippen molar-refractivity contribution >= 4 is 35.4 Å². The summed E-state index contributed by atoms with van der Waals surface area (Å²) in [4.78, 5) is 74.8. The van der Waals surface area contributed by atoms with Gasteiger partial charge in [-0.2, -0.15) is 0 Å². The average Bonchev–Trinajstić information content (AvgIpc) is 3.58. The van der Waals surface area contributed by atoms with Crippen LogP contribution in [0.4, 0.5) is 0 Å². The number of aliphatic hydroxyl groups is 6. The van der Waals surface area contributed by atoms with Gasteiger partial charge in [-0.25, -0.2) is 0 Å². The van der Waals surface area contributed by atoms with Crippen LogP contribution in [-0.4, -0.2) is 258 Å². The van der Waals surface area contributed by atoms with Crippen molar-refractivity contribution in [3.63, 3.8) is 0 Å². The molecule has 3 rings (SSSR count). The number of rotatable bonds is 48. The van der Waals surface area contributed by atoms with E-state index in [0.717, 1.165) is 0 Å². The number of carbonyl (C=O) groups excluding carboxylic acids is 6. The lowest BCUT2D eigenvalue weighted by Crippen LogP contribution is -2.55. The molecule has 30 nitrogen and oxygen atoms in total. The third-order valence-electron chi connectivity index (χ3n) is 14.4. The number of ether oxygens (including phenoxy) is 9. The van der Waals surface area contributed by atoms with Gasteiger partial charge in [-0.05, 0) is 57.8 Å². The van der Waals surface area contributed by atoms with Gasteiger partial charge < -0.3 is 122 Å². The molecular formula is C56H105N9O21. The van der Waals surface area contributed by atoms with Crippen LogP contribution in [-0.2, 0) is 71.4 Å². The van der Waals surface area contributed by atoms with Crippen molar-refractivity contribution in [1.82, 2.24) is 31.9 Å². The highest BCUT2D eigenvalue weighted by Crippen LogP contribution is 2.23. The smallest absolute Gasteiger partial charge is 0.222 e. The summed E-state index contributed by atoms with van der Waals surface area (Å²) in [5.41, 5.74) is 17.1. The summed E-state index contributed by atoms with van der Waals surface area (Å²) < 4.78 is 51.4. The molecule has 3 heterocycles. The molecule has 0 radical (unpaired) electrons. The van der Waals surface area contributed by atoms with Crippen molar-refractivity contribution < 1.29 is 102 Å². The zero-order chi connectivity index (χ0) is 63.0. The number of amides is 6. The number of nitrogens with one attached hydrogen (secondary N) is 6. The molecule has 0 bridgehead atoms. The van der Waals surface area contributed by atoms with E-state index in [2.05, 4.69) is 31.9 Å². The van der Waals surface area contributed by atoms with E-state index in [4.69, 9.17) is 59.8 Å². The minimum Gasteiger partial charge on any atom is -0.394 e. The first-order valence-corrected chi connectivity index (χ1v) is 30.6. The second-order valence-electron chi connectivity index (χ2n) is 22.4. The monoisotopic (exact) mass is 1240 g/mol. The lowest BCUT2D eigenvalue weighted by Gasteiger charge is -2.36. The van der Waals surface area contributed by atoms with Gasteiger partial charge in [-0.1, -0.05) is 6.92 Å². The SMILES string of the molecule is CC(COCCC(=O)NCCCNC(=O)CCCCOC1OC(CO)CC(O)C1N)(COCCC(=O)NCCCNC(=O)CCCCOC1OC(CO)CC(O)C1N)COCCC(=O)NCCCNC(=O)CCCCOC1OC(CO)CC(O)C1N. The Morgan fingerprint density at radius 2 is 0.640 bits per heavy atom. The van der Waals surface area contributed by atoms with Gasteiger partial charge in [-0.3, -0.25) is 28.8 Å². The normalized spacial score (nSPS) is 25.6. The summed E-state index contributed by atoms with van der Waals surface area (Å²) in [5, 5.41) is 75.2. The van der Waals surface area contributed by atoms with Crippen LogP contribution in [0.5, 0.6) is 0 Å². The summed E-state index contributed by atoms with van der Waals surface area (Å²) in [7, 11) is 0. The molecule has 0 aliphatic carbocycles. The first kappa shape index (κ1) is 76.3. The van der Waals surface area contributed by atoms with Crippen LogP contribution in [0.15, 0.2) is 0 Å². The summed E-state index contributed by atoms with van der Waals surface area (Å²) in [6, 6.07) is -2.18. The predicted molar refractivity (Wildman–Crippen MR) is 309 cm³/mol. The van der Waals surface area contributed by atoms with Crippen LogP contribution in [0.25, 0.3) is 0 Å². The number of carbonyl (C=O) groups is 6. The van der Waals surface area contributed by atoms with Gasteiger partial charge in [-0.15, -0.1) is 0 Å². The predicted octanol–water partition coefficient (Wildman–Crippen LogP) is -3.97. The zero-order valence-electron chi connectivity index (χ0n) is 50.4. The van der Waals surface area contributed by atoms with Crippen molar-refractivity contribution in [1.29, 1.82) is 0 Å².